The van der Waals surface area contributed by atoms with Crippen molar-refractivity contribution >= 4 is 30.1 Å². The number of ether oxygens (including phenoxy) is 1. The Morgan fingerprint density at radius 2 is 2.06 bits per heavy atom. The number of Topliss-reactive ketones (excluding diaryl/α,β-unsaturated/α-hetero) is 1. The Morgan fingerprint density at radius 1 is 1.31 bits per heavy atom. The van der Waals surface area contributed by atoms with E-state index in [1.807, 2.05) is 13.0 Å². The van der Waals surface area contributed by atoms with Crippen LogP contribution in [0.15, 0.2) is 30.9 Å². The molecule has 1 heterocycles. The van der Waals surface area contributed by atoms with Gasteiger partial charge in [0.2, 0.25) is 0 Å². The van der Waals surface area contributed by atoms with Gasteiger partial charge in [-0.05, 0) is 66.1 Å². The maximum absolute atomic E-state index is 13.5. The minimum Gasteiger partial charge on any atom is -0.445 e. The monoisotopic (exact) mass is 495 g/mol. The molecule has 3 fully saturated rings. The van der Waals surface area contributed by atoms with Crippen LogP contribution in [0.3, 0.4) is 0 Å². The van der Waals surface area contributed by atoms with Gasteiger partial charge in [0.15, 0.2) is 0 Å². The molecule has 1 aliphatic heterocycles. The second-order valence-corrected chi connectivity index (χ2v) is 12.2. The van der Waals surface area contributed by atoms with Crippen molar-refractivity contribution in [1.29, 1.82) is 0 Å². The molecule has 7 nitrogen and oxygen atoms in total. The lowest BCUT2D eigenvalue weighted by molar-refractivity contribution is -0.190. The van der Waals surface area contributed by atoms with Crippen molar-refractivity contribution in [3.8, 4) is 0 Å². The summed E-state index contributed by atoms with van der Waals surface area (Å²) < 4.78 is 11.5. The van der Waals surface area contributed by atoms with Crippen LogP contribution in [-0.2, 0) is 20.8 Å². The molecule has 3 N–H and O–H groups in total. The fraction of sp³-hybridized carbons (Fsp3) is 0.643. The maximum atomic E-state index is 13.5. The zero-order valence-electron chi connectivity index (χ0n) is 21.8. The zero-order valence-corrected chi connectivity index (χ0v) is 21.8. The van der Waals surface area contributed by atoms with Gasteiger partial charge in [0.1, 0.15) is 11.9 Å². The summed E-state index contributed by atoms with van der Waals surface area (Å²) in [5.74, 6) is 0.0580. The van der Waals surface area contributed by atoms with Crippen molar-refractivity contribution in [2.75, 3.05) is 5.32 Å². The van der Waals surface area contributed by atoms with Crippen LogP contribution < -0.4 is 10.8 Å². The van der Waals surface area contributed by atoms with Gasteiger partial charge in [-0.15, -0.1) is 6.58 Å². The highest BCUT2D eigenvalue weighted by Gasteiger charge is 2.68. The Balaban J connectivity index is 1.50. The van der Waals surface area contributed by atoms with E-state index in [4.69, 9.17) is 9.39 Å². The van der Waals surface area contributed by atoms with E-state index < -0.39 is 36.2 Å². The molecule has 3 saturated carbocycles. The molecule has 4 aliphatic rings. The third-order valence-corrected chi connectivity index (χ3v) is 10.6. The molecule has 8 atom stereocenters. The largest absolute Gasteiger partial charge is 0.491 e. The van der Waals surface area contributed by atoms with Crippen LogP contribution in [0.25, 0.3) is 0 Å². The van der Waals surface area contributed by atoms with E-state index in [1.165, 1.54) is 0 Å². The van der Waals surface area contributed by atoms with E-state index in [1.54, 1.807) is 18.2 Å². The number of rotatable bonds is 3. The number of aliphatic hydroxyl groups is 1. The van der Waals surface area contributed by atoms with Gasteiger partial charge in [-0.1, -0.05) is 39.8 Å². The lowest BCUT2D eigenvalue weighted by Crippen LogP contribution is -2.63. The highest BCUT2D eigenvalue weighted by molar-refractivity contribution is 6.61. The van der Waals surface area contributed by atoms with Crippen LogP contribution >= 0.6 is 0 Å². The van der Waals surface area contributed by atoms with Gasteiger partial charge in [0, 0.05) is 28.9 Å². The molecule has 0 spiro atoms. The second-order valence-electron chi connectivity index (χ2n) is 12.2. The average Bonchev–Trinajstić information content (AvgIpc) is 3.40. The first-order chi connectivity index (χ1) is 17.0. The molecule has 0 aromatic heterocycles. The molecular formula is C28H38BNO6. The van der Waals surface area contributed by atoms with E-state index >= 15 is 0 Å². The number of nitrogens with one attached hydrogen (secondary N) is 1. The Morgan fingerprint density at radius 3 is 2.78 bits per heavy atom. The molecule has 194 valence electrons. The van der Waals surface area contributed by atoms with Crippen molar-refractivity contribution in [3.05, 3.63) is 36.4 Å². The van der Waals surface area contributed by atoms with E-state index in [9.17, 15) is 19.7 Å². The molecular weight excluding hydrogens is 457 g/mol. The summed E-state index contributed by atoms with van der Waals surface area (Å²) in [6.07, 6.45) is 3.36. The molecule has 2 bridgehead atoms. The Labute approximate surface area is 213 Å². The lowest BCUT2D eigenvalue weighted by atomic mass is 9.44. The highest BCUT2D eigenvalue weighted by atomic mass is 16.6. The Hall–Kier alpha value is -2.16. The van der Waals surface area contributed by atoms with Gasteiger partial charge in [-0.3, -0.25) is 10.1 Å². The molecule has 0 radical (unpaired) electrons. The summed E-state index contributed by atoms with van der Waals surface area (Å²) in [6.45, 7) is 12.7. The minimum atomic E-state index is -1.01. The lowest BCUT2D eigenvalue weighted by Gasteiger charge is -2.61. The van der Waals surface area contributed by atoms with Crippen molar-refractivity contribution in [2.24, 2.45) is 34.0 Å². The molecule has 0 unspecified atom stereocenters. The van der Waals surface area contributed by atoms with Crippen molar-refractivity contribution in [1.82, 2.24) is 0 Å². The van der Waals surface area contributed by atoms with E-state index in [0.717, 1.165) is 24.8 Å². The minimum absolute atomic E-state index is 0.0707. The predicted octanol–water partition coefficient (Wildman–Crippen LogP) is 3.82. The fourth-order valence-corrected chi connectivity index (χ4v) is 8.07. The Bertz CT molecular complexity index is 1090. The summed E-state index contributed by atoms with van der Waals surface area (Å²) >= 11 is 0. The number of hydrogen-bond donors (Lipinski definition) is 3. The highest BCUT2D eigenvalue weighted by Crippen LogP contribution is 2.68. The molecule has 36 heavy (non-hydrogen) atoms. The smallest absolute Gasteiger partial charge is 0.445 e. The van der Waals surface area contributed by atoms with E-state index in [2.05, 4.69) is 32.7 Å². The molecule has 1 aromatic rings. The summed E-state index contributed by atoms with van der Waals surface area (Å²) in [4.78, 5) is 26.8. The number of hydrogen-bond acceptors (Lipinski definition) is 6. The zero-order chi connectivity index (χ0) is 26.0. The first-order valence-electron chi connectivity index (χ1n) is 13.2. The van der Waals surface area contributed by atoms with E-state index in [0.29, 0.717) is 30.6 Å². The van der Waals surface area contributed by atoms with Gasteiger partial charge in [-0.25, -0.2) is 4.79 Å². The Kier molecular flexibility index (Phi) is 6.17. The molecule has 8 heteroatoms. The number of carbonyl (C=O) groups excluding carboxylic acids is 2. The number of ketones is 1. The van der Waals surface area contributed by atoms with Gasteiger partial charge in [-0.2, -0.15) is 0 Å². The number of amides is 1. The number of fused-ring (bicyclic) bond motifs is 1. The number of carbonyl (C=O) groups is 2. The summed E-state index contributed by atoms with van der Waals surface area (Å²) in [5.41, 5.74) is 0.458. The van der Waals surface area contributed by atoms with Crippen molar-refractivity contribution in [3.63, 3.8) is 0 Å². The summed E-state index contributed by atoms with van der Waals surface area (Å²) in [7, 11) is -1.01. The topological polar surface area (TPSA) is 105 Å². The SMILES string of the molecule is C=C[C@]1(C)C[C@@H](OC(=O)Nc2ccc3c(c2)B(O)OC3)[C@@]2(C)[C@@H]3C(=O)CC[C@@]3(CC[C@@H]2C)[C@@H](C)[C@@H]1O. The first kappa shape index (κ1) is 25.5. The van der Waals surface area contributed by atoms with Gasteiger partial charge < -0.3 is 19.5 Å². The van der Waals surface area contributed by atoms with Gasteiger partial charge in [0.05, 0.1) is 12.7 Å². The molecule has 1 amide bonds. The molecule has 3 aliphatic carbocycles. The molecule has 0 saturated heterocycles. The third kappa shape index (κ3) is 3.59. The van der Waals surface area contributed by atoms with Crippen LogP contribution in [-0.4, -0.2) is 41.3 Å². The fourth-order valence-electron chi connectivity index (χ4n) is 8.07. The summed E-state index contributed by atoms with van der Waals surface area (Å²) in [5, 5.41) is 24.5. The van der Waals surface area contributed by atoms with Crippen molar-refractivity contribution in [2.45, 2.75) is 78.6 Å². The van der Waals surface area contributed by atoms with Gasteiger partial charge >= 0.3 is 13.2 Å². The van der Waals surface area contributed by atoms with Crippen LogP contribution in [0.4, 0.5) is 10.5 Å². The van der Waals surface area contributed by atoms with Crippen LogP contribution in [0.1, 0.15) is 65.4 Å². The standard InChI is InChI=1S/C28H38BNO6/c1-6-26(4)14-22(36-25(33)30-19-8-7-18-15-35-29(34)20(18)13-19)27(5)16(2)9-11-28(17(3)24(26)32)12-10-21(31)23(27)28/h6-8,13,16-17,22-24,32,34H,1,9-12,14-15H2,2-5H3,(H,30,33)/t16-,17-,22+,23-,24-,26+,27-,28-/m0/s1. The predicted molar refractivity (Wildman–Crippen MR) is 137 cm³/mol. The molecule has 5 rings (SSSR count). The maximum Gasteiger partial charge on any atom is 0.491 e. The van der Waals surface area contributed by atoms with Crippen molar-refractivity contribution < 1.29 is 29.1 Å². The number of anilines is 1. The summed E-state index contributed by atoms with van der Waals surface area (Å²) in [6, 6.07) is 5.27. The molecule has 1 aromatic carbocycles. The number of aliphatic hydroxyl groups excluding tert-OH is 1. The second kappa shape index (κ2) is 8.71. The first-order valence-corrected chi connectivity index (χ1v) is 13.2. The number of benzene rings is 1. The van der Waals surface area contributed by atoms with Crippen LogP contribution in [0, 0.1) is 34.0 Å². The third-order valence-electron chi connectivity index (χ3n) is 10.6. The van der Waals surface area contributed by atoms with Crippen LogP contribution in [0.5, 0.6) is 0 Å². The van der Waals surface area contributed by atoms with E-state index in [-0.39, 0.29) is 29.0 Å². The van der Waals surface area contributed by atoms with Crippen LogP contribution in [0.2, 0.25) is 0 Å². The normalized spacial score (nSPS) is 41.7. The van der Waals surface area contributed by atoms with Gasteiger partial charge in [0.25, 0.3) is 0 Å². The average molecular weight is 495 g/mol. The quantitative estimate of drug-likeness (QED) is 0.435.